The molecule has 0 radical (unpaired) electrons. The van der Waals surface area contributed by atoms with E-state index in [1.54, 1.807) is 0 Å². The van der Waals surface area contributed by atoms with Crippen LogP contribution in [-0.2, 0) is 0 Å². The van der Waals surface area contributed by atoms with Crippen LogP contribution in [0.3, 0.4) is 0 Å². The first kappa shape index (κ1) is 13.0. The Morgan fingerprint density at radius 2 is 1.60 bits per heavy atom. The Bertz CT molecular complexity index is 274. The van der Waals surface area contributed by atoms with Crippen LogP contribution in [-0.4, -0.2) is 16.1 Å². The summed E-state index contributed by atoms with van der Waals surface area (Å²) in [6.07, 6.45) is 10.00. The summed E-state index contributed by atoms with van der Waals surface area (Å²) in [6, 6.07) is 0. The van der Waals surface area contributed by atoms with E-state index < -0.39 is 16.1 Å². The van der Waals surface area contributed by atoms with Gasteiger partial charge in [-0.1, -0.05) is 62.7 Å². The molecule has 0 fully saturated rings. The van der Waals surface area contributed by atoms with Gasteiger partial charge >= 0.3 is 0 Å². The monoisotopic (exact) mass is 238 g/mol. The van der Waals surface area contributed by atoms with E-state index in [1.165, 1.54) is 12.8 Å². The molecule has 1 unspecified atom stereocenters. The lowest BCUT2D eigenvalue weighted by atomic mass is 10.3. The minimum absolute atomic E-state index is 0.798. The average molecular weight is 239 g/mol. The predicted octanol–water partition coefficient (Wildman–Crippen LogP) is 4.85. The Morgan fingerprint density at radius 3 is 2.07 bits per heavy atom. The molecule has 0 bridgehead atoms. The van der Waals surface area contributed by atoms with Crippen molar-refractivity contribution in [2.24, 2.45) is 0 Å². The second kappa shape index (κ2) is 4.42. The lowest BCUT2D eigenvalue weighted by Gasteiger charge is -2.34. The van der Waals surface area contributed by atoms with Crippen molar-refractivity contribution in [2.45, 2.75) is 57.7 Å². The minimum atomic E-state index is -1.12. The van der Waals surface area contributed by atoms with Crippen LogP contribution in [0.15, 0.2) is 23.4 Å². The van der Waals surface area contributed by atoms with Gasteiger partial charge in [-0.2, -0.15) is 0 Å². The summed E-state index contributed by atoms with van der Waals surface area (Å²) in [4.78, 5) is 0. The summed E-state index contributed by atoms with van der Waals surface area (Å²) in [7, 11) is -2.20. The van der Waals surface area contributed by atoms with Crippen LogP contribution in [0.25, 0.3) is 0 Å². The summed E-state index contributed by atoms with van der Waals surface area (Å²) < 4.78 is 0. The highest BCUT2D eigenvalue weighted by atomic mass is 28.3. The van der Waals surface area contributed by atoms with Crippen molar-refractivity contribution in [2.75, 3.05) is 0 Å². The van der Waals surface area contributed by atoms with Crippen molar-refractivity contribution < 1.29 is 0 Å². The van der Waals surface area contributed by atoms with Gasteiger partial charge in [0, 0.05) is 0 Å². The molecule has 0 aromatic rings. The first-order valence-electron chi connectivity index (χ1n) is 6.10. The Balaban J connectivity index is 3.09. The molecule has 0 N–H and O–H groups in total. The SMILES string of the molecule is C[Si](C)(C)C1=CCCC=CC1[Si](C)(C)C. The maximum atomic E-state index is 2.56. The lowest BCUT2D eigenvalue weighted by Crippen LogP contribution is -2.36. The van der Waals surface area contributed by atoms with Crippen LogP contribution in [0.1, 0.15) is 12.8 Å². The molecule has 1 aliphatic carbocycles. The van der Waals surface area contributed by atoms with E-state index in [0.29, 0.717) is 0 Å². The van der Waals surface area contributed by atoms with Crippen LogP contribution in [0.5, 0.6) is 0 Å². The van der Waals surface area contributed by atoms with Crippen LogP contribution >= 0.6 is 0 Å². The third-order valence-electron chi connectivity index (χ3n) is 3.16. The second-order valence-electron chi connectivity index (χ2n) is 6.76. The van der Waals surface area contributed by atoms with E-state index in [2.05, 4.69) is 57.5 Å². The third-order valence-corrected chi connectivity index (χ3v) is 8.07. The zero-order valence-electron chi connectivity index (χ0n) is 11.2. The van der Waals surface area contributed by atoms with Gasteiger partial charge in [-0.3, -0.25) is 0 Å². The van der Waals surface area contributed by atoms with E-state index in [-0.39, 0.29) is 0 Å². The van der Waals surface area contributed by atoms with E-state index >= 15 is 0 Å². The Hall–Kier alpha value is -0.0862. The normalized spacial score (nSPS) is 23.6. The Kier molecular flexibility index (Phi) is 3.82. The molecule has 1 aliphatic rings. The fraction of sp³-hybridized carbons (Fsp3) is 0.692. The van der Waals surface area contributed by atoms with Crippen molar-refractivity contribution >= 4 is 16.1 Å². The zero-order valence-corrected chi connectivity index (χ0v) is 13.2. The largest absolute Gasteiger partial charge is 0.0886 e. The molecule has 0 nitrogen and oxygen atoms in total. The summed E-state index contributed by atoms with van der Waals surface area (Å²) in [5.74, 6) is 0. The number of hydrogen-bond donors (Lipinski definition) is 0. The molecule has 0 saturated carbocycles. The van der Waals surface area contributed by atoms with Crippen molar-refractivity contribution in [3.8, 4) is 0 Å². The Labute approximate surface area is 97.5 Å². The fourth-order valence-electron chi connectivity index (χ4n) is 2.33. The van der Waals surface area contributed by atoms with Gasteiger partial charge < -0.3 is 0 Å². The van der Waals surface area contributed by atoms with Crippen molar-refractivity contribution in [3.63, 3.8) is 0 Å². The molecule has 0 heterocycles. The van der Waals surface area contributed by atoms with Crippen LogP contribution in [0.2, 0.25) is 44.8 Å². The van der Waals surface area contributed by atoms with Gasteiger partial charge in [0.15, 0.2) is 0 Å². The smallest absolute Gasteiger partial charge is 0.0724 e. The standard InChI is InChI=1S/C13H26Si2/c1-14(2,3)12-10-8-7-9-11-13(12)15(4,5)6/h8,10-12H,7,9H2,1-6H3. The van der Waals surface area contributed by atoms with Gasteiger partial charge in [-0.25, -0.2) is 0 Å². The minimum Gasteiger partial charge on any atom is -0.0886 e. The molecular formula is C13H26Si2. The molecule has 0 saturated heterocycles. The molecule has 2 heteroatoms. The summed E-state index contributed by atoms with van der Waals surface area (Å²) in [5.41, 5.74) is 0.798. The van der Waals surface area contributed by atoms with Crippen LogP contribution in [0.4, 0.5) is 0 Å². The van der Waals surface area contributed by atoms with Gasteiger partial charge in [-0.15, -0.1) is 0 Å². The maximum absolute atomic E-state index is 2.56. The number of allylic oxidation sites excluding steroid dienone is 4. The van der Waals surface area contributed by atoms with Crippen molar-refractivity contribution in [1.82, 2.24) is 0 Å². The molecule has 0 aromatic heterocycles. The predicted molar refractivity (Wildman–Crippen MR) is 76.9 cm³/mol. The number of rotatable bonds is 2. The molecule has 0 aromatic carbocycles. The van der Waals surface area contributed by atoms with Gasteiger partial charge in [0.1, 0.15) is 0 Å². The number of hydrogen-bond acceptors (Lipinski definition) is 0. The second-order valence-corrected chi connectivity index (χ2v) is 17.2. The molecule has 0 spiro atoms. The average Bonchev–Trinajstić information content (AvgIpc) is 2.24. The first-order valence-corrected chi connectivity index (χ1v) is 13.2. The van der Waals surface area contributed by atoms with E-state index in [4.69, 9.17) is 0 Å². The molecular weight excluding hydrogens is 212 g/mol. The van der Waals surface area contributed by atoms with Crippen LogP contribution in [0, 0.1) is 0 Å². The lowest BCUT2D eigenvalue weighted by molar-refractivity contribution is 1.06. The van der Waals surface area contributed by atoms with Crippen molar-refractivity contribution in [1.29, 1.82) is 0 Å². The van der Waals surface area contributed by atoms with Gasteiger partial charge in [-0.05, 0) is 18.4 Å². The first-order chi connectivity index (χ1) is 6.73. The Morgan fingerprint density at radius 1 is 1.00 bits per heavy atom. The highest BCUT2D eigenvalue weighted by molar-refractivity contribution is 6.88. The van der Waals surface area contributed by atoms with Gasteiger partial charge in [0.2, 0.25) is 0 Å². The van der Waals surface area contributed by atoms with Crippen molar-refractivity contribution in [3.05, 3.63) is 23.4 Å². The van der Waals surface area contributed by atoms with E-state index in [9.17, 15) is 0 Å². The van der Waals surface area contributed by atoms with E-state index in [0.717, 1.165) is 5.54 Å². The summed E-state index contributed by atoms with van der Waals surface area (Å²) in [6.45, 7) is 15.0. The molecule has 0 amide bonds. The summed E-state index contributed by atoms with van der Waals surface area (Å²) >= 11 is 0. The van der Waals surface area contributed by atoms with Gasteiger partial charge in [0.05, 0.1) is 16.1 Å². The van der Waals surface area contributed by atoms with Crippen LogP contribution < -0.4 is 0 Å². The molecule has 0 aliphatic heterocycles. The third kappa shape index (κ3) is 3.45. The van der Waals surface area contributed by atoms with Gasteiger partial charge in [0.25, 0.3) is 0 Å². The highest BCUT2D eigenvalue weighted by Gasteiger charge is 2.34. The topological polar surface area (TPSA) is 0 Å². The fourth-order valence-corrected chi connectivity index (χ4v) is 8.47. The maximum Gasteiger partial charge on any atom is 0.0724 e. The molecule has 15 heavy (non-hydrogen) atoms. The molecule has 1 rings (SSSR count). The zero-order chi connectivity index (χ0) is 11.7. The summed E-state index contributed by atoms with van der Waals surface area (Å²) in [5, 5.41) is 1.82. The van der Waals surface area contributed by atoms with E-state index in [1.807, 2.05) is 5.20 Å². The highest BCUT2D eigenvalue weighted by Crippen LogP contribution is 2.38. The molecule has 86 valence electrons. The molecule has 1 atom stereocenters. The quantitative estimate of drug-likeness (QED) is 0.476.